The average Bonchev–Trinajstić information content (AvgIpc) is 2.31. The molecule has 1 aromatic carbocycles. The number of carbonyl (C=O) groups is 2. The molecule has 1 atom stereocenters. The van der Waals surface area contributed by atoms with Gasteiger partial charge < -0.3 is 14.9 Å². The maximum Gasteiger partial charge on any atom is 0.411 e. The van der Waals surface area contributed by atoms with Crippen LogP contribution in [0.3, 0.4) is 0 Å². The molecule has 0 aromatic heterocycles. The summed E-state index contributed by atoms with van der Waals surface area (Å²) in [6.07, 6.45) is -1.98. The van der Waals surface area contributed by atoms with Crippen molar-refractivity contribution in [3.05, 3.63) is 29.8 Å². The minimum Gasteiger partial charge on any atom is -0.479 e. The van der Waals surface area contributed by atoms with E-state index in [0.29, 0.717) is 11.3 Å². The monoisotopic (exact) mass is 239 g/mol. The minimum absolute atomic E-state index is 0.0217. The van der Waals surface area contributed by atoms with Crippen LogP contribution in [-0.2, 0) is 16.0 Å². The number of rotatable bonds is 4. The first-order valence-corrected chi connectivity index (χ1v) is 4.87. The van der Waals surface area contributed by atoms with Crippen LogP contribution in [0.4, 0.5) is 10.5 Å². The predicted octanol–water partition coefficient (Wildman–Crippen LogP) is 0.853. The lowest BCUT2D eigenvalue weighted by Crippen LogP contribution is -2.21. The number of methoxy groups -OCH3 is 1. The second-order valence-corrected chi connectivity index (χ2v) is 3.37. The van der Waals surface area contributed by atoms with Gasteiger partial charge in [-0.15, -0.1) is 0 Å². The third-order valence-corrected chi connectivity index (χ3v) is 2.10. The molecule has 0 bridgehead atoms. The highest BCUT2D eigenvalue weighted by molar-refractivity contribution is 5.84. The zero-order valence-corrected chi connectivity index (χ0v) is 9.21. The van der Waals surface area contributed by atoms with Crippen LogP contribution in [0.5, 0.6) is 0 Å². The molecule has 0 radical (unpaired) electrons. The van der Waals surface area contributed by atoms with Crippen molar-refractivity contribution in [3.63, 3.8) is 0 Å². The molecule has 6 nitrogen and oxygen atoms in total. The number of aliphatic carboxylic acids is 1. The number of aliphatic hydroxyl groups is 1. The number of ether oxygens (including phenoxy) is 1. The smallest absolute Gasteiger partial charge is 0.411 e. The molecule has 0 aliphatic carbocycles. The largest absolute Gasteiger partial charge is 0.479 e. The Balaban J connectivity index is 2.62. The lowest BCUT2D eigenvalue weighted by atomic mass is 10.1. The molecule has 1 amide bonds. The Morgan fingerprint density at radius 3 is 2.41 bits per heavy atom. The van der Waals surface area contributed by atoms with Crippen molar-refractivity contribution >= 4 is 17.7 Å². The van der Waals surface area contributed by atoms with Gasteiger partial charge in [0.1, 0.15) is 0 Å². The number of hydrogen-bond acceptors (Lipinski definition) is 4. The molecule has 0 aliphatic rings. The first-order chi connectivity index (χ1) is 8.02. The van der Waals surface area contributed by atoms with Crippen LogP contribution in [0.1, 0.15) is 5.56 Å². The number of hydrogen-bond donors (Lipinski definition) is 3. The van der Waals surface area contributed by atoms with Crippen molar-refractivity contribution in [1.29, 1.82) is 0 Å². The summed E-state index contributed by atoms with van der Waals surface area (Å²) in [5.74, 6) is -1.26. The highest BCUT2D eigenvalue weighted by atomic mass is 16.5. The summed E-state index contributed by atoms with van der Waals surface area (Å²) in [4.78, 5) is 21.3. The molecule has 0 saturated heterocycles. The first-order valence-electron chi connectivity index (χ1n) is 4.87. The Morgan fingerprint density at radius 2 is 1.94 bits per heavy atom. The lowest BCUT2D eigenvalue weighted by molar-refractivity contribution is -0.146. The molecule has 3 N–H and O–H groups in total. The summed E-state index contributed by atoms with van der Waals surface area (Å²) in [6.45, 7) is 0. The third kappa shape index (κ3) is 4.12. The van der Waals surface area contributed by atoms with Gasteiger partial charge in [0.25, 0.3) is 0 Å². The van der Waals surface area contributed by atoms with Crippen molar-refractivity contribution in [2.45, 2.75) is 12.5 Å². The molecule has 0 spiro atoms. The van der Waals surface area contributed by atoms with Crippen LogP contribution in [0.15, 0.2) is 24.3 Å². The van der Waals surface area contributed by atoms with E-state index in [4.69, 9.17) is 10.2 Å². The van der Waals surface area contributed by atoms with Crippen LogP contribution >= 0.6 is 0 Å². The summed E-state index contributed by atoms with van der Waals surface area (Å²) < 4.78 is 4.41. The van der Waals surface area contributed by atoms with E-state index in [1.54, 1.807) is 24.3 Å². The summed E-state index contributed by atoms with van der Waals surface area (Å²) in [7, 11) is 1.26. The van der Waals surface area contributed by atoms with Crippen LogP contribution in [0.25, 0.3) is 0 Å². The summed E-state index contributed by atoms with van der Waals surface area (Å²) in [5, 5.41) is 20.1. The van der Waals surface area contributed by atoms with E-state index in [-0.39, 0.29) is 6.42 Å². The van der Waals surface area contributed by atoms with E-state index < -0.39 is 18.2 Å². The molecule has 0 fully saturated rings. The zero-order chi connectivity index (χ0) is 12.8. The molecule has 17 heavy (non-hydrogen) atoms. The maximum absolute atomic E-state index is 10.9. The predicted molar refractivity (Wildman–Crippen MR) is 59.8 cm³/mol. The van der Waals surface area contributed by atoms with Crippen molar-refractivity contribution in [3.8, 4) is 0 Å². The van der Waals surface area contributed by atoms with E-state index in [1.165, 1.54) is 7.11 Å². The average molecular weight is 239 g/mol. The third-order valence-electron chi connectivity index (χ3n) is 2.10. The first kappa shape index (κ1) is 13.0. The Kier molecular flexibility index (Phi) is 4.47. The van der Waals surface area contributed by atoms with E-state index in [1.807, 2.05) is 0 Å². The molecule has 0 heterocycles. The number of anilines is 1. The SMILES string of the molecule is COC(=O)Nc1ccc(CC(O)C(=O)O)cc1. The lowest BCUT2D eigenvalue weighted by Gasteiger charge is -2.07. The maximum atomic E-state index is 10.9. The fourth-order valence-corrected chi connectivity index (χ4v) is 1.20. The molecule has 6 heteroatoms. The van der Waals surface area contributed by atoms with Crippen molar-refractivity contribution in [1.82, 2.24) is 0 Å². The van der Waals surface area contributed by atoms with Crippen molar-refractivity contribution < 1.29 is 24.5 Å². The number of carboxylic acids is 1. The number of aliphatic hydroxyl groups excluding tert-OH is 1. The van der Waals surface area contributed by atoms with Crippen molar-refractivity contribution in [2.75, 3.05) is 12.4 Å². The Labute approximate surface area is 97.8 Å². The molecule has 0 aliphatic heterocycles. The fourth-order valence-electron chi connectivity index (χ4n) is 1.20. The van der Waals surface area contributed by atoms with E-state index in [9.17, 15) is 9.59 Å². The second kappa shape index (κ2) is 5.86. The molecule has 1 aromatic rings. The number of benzene rings is 1. The van der Waals surface area contributed by atoms with Gasteiger partial charge in [0.15, 0.2) is 6.10 Å². The van der Waals surface area contributed by atoms with Gasteiger partial charge >= 0.3 is 12.1 Å². The van der Waals surface area contributed by atoms with Gasteiger partial charge in [0, 0.05) is 12.1 Å². The van der Waals surface area contributed by atoms with Gasteiger partial charge in [0.2, 0.25) is 0 Å². The summed E-state index contributed by atoms with van der Waals surface area (Å²) in [6, 6.07) is 6.44. The van der Waals surface area contributed by atoms with Crippen LogP contribution in [0, 0.1) is 0 Å². The second-order valence-electron chi connectivity index (χ2n) is 3.37. The number of carbonyl (C=O) groups excluding carboxylic acids is 1. The Morgan fingerprint density at radius 1 is 1.35 bits per heavy atom. The quantitative estimate of drug-likeness (QED) is 0.724. The van der Waals surface area contributed by atoms with E-state index in [0.717, 1.165) is 0 Å². The van der Waals surface area contributed by atoms with Crippen LogP contribution < -0.4 is 5.32 Å². The van der Waals surface area contributed by atoms with Gasteiger partial charge in [-0.2, -0.15) is 0 Å². The Bertz CT molecular complexity index is 401. The standard InChI is InChI=1S/C11H13NO5/c1-17-11(16)12-8-4-2-7(3-5-8)6-9(13)10(14)15/h2-5,9,13H,6H2,1H3,(H,12,16)(H,14,15). The summed E-state index contributed by atoms with van der Waals surface area (Å²) >= 11 is 0. The number of carboxylic acid groups (broad SMARTS) is 1. The fraction of sp³-hybridized carbons (Fsp3) is 0.273. The number of amides is 1. The molecule has 1 unspecified atom stereocenters. The van der Waals surface area contributed by atoms with Gasteiger partial charge in [-0.1, -0.05) is 12.1 Å². The highest BCUT2D eigenvalue weighted by Crippen LogP contribution is 2.11. The van der Waals surface area contributed by atoms with E-state index in [2.05, 4.69) is 10.1 Å². The zero-order valence-electron chi connectivity index (χ0n) is 9.21. The normalized spacial score (nSPS) is 11.6. The van der Waals surface area contributed by atoms with Crippen LogP contribution in [-0.4, -0.2) is 35.5 Å². The van der Waals surface area contributed by atoms with Gasteiger partial charge in [-0.25, -0.2) is 9.59 Å². The number of nitrogens with one attached hydrogen (secondary N) is 1. The highest BCUT2D eigenvalue weighted by Gasteiger charge is 2.13. The molecular formula is C11H13NO5. The molecule has 0 saturated carbocycles. The van der Waals surface area contributed by atoms with E-state index >= 15 is 0 Å². The van der Waals surface area contributed by atoms with Crippen molar-refractivity contribution in [2.24, 2.45) is 0 Å². The Hall–Kier alpha value is -2.08. The van der Waals surface area contributed by atoms with Crippen LogP contribution in [0.2, 0.25) is 0 Å². The molecular weight excluding hydrogens is 226 g/mol. The minimum atomic E-state index is -1.42. The van der Waals surface area contributed by atoms with Gasteiger partial charge in [-0.3, -0.25) is 5.32 Å². The summed E-state index contributed by atoms with van der Waals surface area (Å²) in [5.41, 5.74) is 1.20. The topological polar surface area (TPSA) is 95.9 Å². The van der Waals surface area contributed by atoms with Gasteiger partial charge in [0.05, 0.1) is 7.11 Å². The molecule has 92 valence electrons. The molecule has 1 rings (SSSR count). The van der Waals surface area contributed by atoms with Gasteiger partial charge in [-0.05, 0) is 17.7 Å².